The Hall–Kier alpha value is -8.14. The van der Waals surface area contributed by atoms with Gasteiger partial charge in [-0.2, -0.15) is 0 Å². The molecule has 3 nitrogen and oxygen atoms in total. The zero-order valence-corrected chi connectivity index (χ0v) is 36.9. The van der Waals surface area contributed by atoms with Crippen molar-refractivity contribution in [3.63, 3.8) is 0 Å². The van der Waals surface area contributed by atoms with Gasteiger partial charge >= 0.3 is 0 Å². The SMILES string of the molecule is CC1(C)c2ccccc2-c2ccc(C3=CCC4C(=C3)c3c(cc5oc6ccccc6c5c3N(c3ccc(-c5ccccc5)cc3)c3cccc(-c5ccccc5)c3)N4c3ccccc3)cc21. The predicted molar refractivity (Wildman–Crippen MR) is 276 cm³/mol. The van der Waals surface area contributed by atoms with Crippen molar-refractivity contribution in [1.29, 1.82) is 0 Å². The molecule has 0 fully saturated rings. The van der Waals surface area contributed by atoms with E-state index in [1.807, 2.05) is 0 Å². The number of fused-ring (bicyclic) bond motifs is 9. The number of allylic oxidation sites excluding steroid dienone is 2. The largest absolute Gasteiger partial charge is 0.456 e. The number of hydrogen-bond acceptors (Lipinski definition) is 3. The van der Waals surface area contributed by atoms with Gasteiger partial charge in [-0.1, -0.05) is 178 Å². The summed E-state index contributed by atoms with van der Waals surface area (Å²) in [7, 11) is 0. The van der Waals surface area contributed by atoms with Gasteiger partial charge in [0, 0.05) is 39.5 Å². The smallest absolute Gasteiger partial charge is 0.139 e. The highest BCUT2D eigenvalue weighted by Crippen LogP contribution is 2.58. The van der Waals surface area contributed by atoms with E-state index in [9.17, 15) is 0 Å². The second-order valence-electron chi connectivity index (χ2n) is 18.4. The van der Waals surface area contributed by atoms with Crippen LogP contribution in [0.1, 0.15) is 42.5 Å². The molecular formula is C63H46N2O. The lowest BCUT2D eigenvalue weighted by Crippen LogP contribution is -2.27. The Morgan fingerprint density at radius 2 is 1.15 bits per heavy atom. The normalized spacial score (nSPS) is 15.5. The second kappa shape index (κ2) is 15.0. The molecule has 3 aliphatic rings. The summed E-state index contributed by atoms with van der Waals surface area (Å²) in [5, 5.41) is 2.20. The van der Waals surface area contributed by atoms with Crippen LogP contribution in [0.5, 0.6) is 0 Å². The van der Waals surface area contributed by atoms with Gasteiger partial charge in [-0.25, -0.2) is 0 Å². The van der Waals surface area contributed by atoms with Crippen molar-refractivity contribution in [1.82, 2.24) is 0 Å². The zero-order chi connectivity index (χ0) is 43.9. The number of hydrogen-bond donors (Lipinski definition) is 0. The molecule has 314 valence electrons. The Balaban J connectivity index is 1.09. The lowest BCUT2D eigenvalue weighted by molar-refractivity contribution is 0.660. The Morgan fingerprint density at radius 3 is 1.94 bits per heavy atom. The van der Waals surface area contributed by atoms with Gasteiger partial charge in [0.05, 0.1) is 22.8 Å². The number of rotatable bonds is 7. The molecule has 1 aliphatic heterocycles. The van der Waals surface area contributed by atoms with E-state index in [-0.39, 0.29) is 11.5 Å². The van der Waals surface area contributed by atoms with Crippen LogP contribution in [0.15, 0.2) is 229 Å². The highest BCUT2D eigenvalue weighted by molar-refractivity contribution is 6.20. The first-order chi connectivity index (χ1) is 32.5. The number of para-hydroxylation sites is 2. The van der Waals surface area contributed by atoms with Crippen LogP contribution < -0.4 is 9.80 Å². The molecular weight excluding hydrogens is 801 g/mol. The average Bonchev–Trinajstić information content (AvgIpc) is 3.99. The van der Waals surface area contributed by atoms with Crippen LogP contribution in [0.3, 0.4) is 0 Å². The standard InChI is InChI=1S/C63H46N2O/c1-63(2)54-27-14-12-25-50(54)51-35-31-46(39-55(51)63)45-32-36-56-53(38-45)60-57(65(56)47-22-10-5-11-23-47)40-59-61(52-26-13-15-28-58(52)66-59)62(60)64(48-33-29-43(30-34-48)41-17-6-3-7-18-41)49-24-16-21-44(37-49)42-19-8-4-9-20-42/h3-35,37-40,56H,36H2,1-2H3. The summed E-state index contributed by atoms with van der Waals surface area (Å²) in [6, 6.07) is 77.4. The molecule has 1 unspecified atom stereocenters. The van der Waals surface area contributed by atoms with Crippen molar-refractivity contribution in [3.8, 4) is 33.4 Å². The zero-order valence-electron chi connectivity index (χ0n) is 36.9. The van der Waals surface area contributed by atoms with Crippen LogP contribution in [0.25, 0.3) is 66.5 Å². The van der Waals surface area contributed by atoms with Crippen molar-refractivity contribution in [2.24, 2.45) is 0 Å². The molecule has 0 N–H and O–H groups in total. The van der Waals surface area contributed by atoms with E-state index in [2.05, 4.69) is 248 Å². The molecule has 2 aliphatic carbocycles. The van der Waals surface area contributed by atoms with Gasteiger partial charge < -0.3 is 14.2 Å². The molecule has 0 spiro atoms. The molecule has 2 heterocycles. The molecule has 9 aromatic carbocycles. The fourth-order valence-electron chi connectivity index (χ4n) is 11.2. The number of benzene rings is 9. The Kier molecular flexibility index (Phi) is 8.69. The number of furan rings is 1. The number of nitrogens with zero attached hydrogens (tertiary/aromatic N) is 2. The van der Waals surface area contributed by atoms with E-state index in [0.717, 1.165) is 62.4 Å². The fourth-order valence-corrected chi connectivity index (χ4v) is 11.2. The monoisotopic (exact) mass is 846 g/mol. The van der Waals surface area contributed by atoms with E-state index in [0.29, 0.717) is 0 Å². The maximum Gasteiger partial charge on any atom is 0.139 e. The van der Waals surface area contributed by atoms with Gasteiger partial charge in [-0.15, -0.1) is 0 Å². The second-order valence-corrected chi connectivity index (χ2v) is 18.4. The highest BCUT2D eigenvalue weighted by atomic mass is 16.3. The highest BCUT2D eigenvalue weighted by Gasteiger charge is 2.42. The topological polar surface area (TPSA) is 19.6 Å². The van der Waals surface area contributed by atoms with Crippen LogP contribution in [0, 0.1) is 0 Å². The molecule has 0 saturated carbocycles. The lowest BCUT2D eigenvalue weighted by Gasteiger charge is -2.30. The lowest BCUT2D eigenvalue weighted by atomic mass is 9.81. The molecule has 13 rings (SSSR count). The summed E-state index contributed by atoms with van der Waals surface area (Å²) < 4.78 is 6.94. The van der Waals surface area contributed by atoms with E-state index in [4.69, 9.17) is 4.42 Å². The van der Waals surface area contributed by atoms with Gasteiger partial charge in [-0.3, -0.25) is 0 Å². The summed E-state index contributed by atoms with van der Waals surface area (Å²) in [6.07, 6.45) is 5.82. The third kappa shape index (κ3) is 5.97. The van der Waals surface area contributed by atoms with Crippen LogP contribution in [-0.4, -0.2) is 6.04 Å². The summed E-state index contributed by atoms with van der Waals surface area (Å²) in [6.45, 7) is 4.74. The molecule has 0 saturated heterocycles. The first-order valence-corrected chi connectivity index (χ1v) is 23.1. The van der Waals surface area contributed by atoms with Gasteiger partial charge in [0.15, 0.2) is 0 Å². The maximum atomic E-state index is 6.94. The van der Waals surface area contributed by atoms with Gasteiger partial charge in [0.2, 0.25) is 0 Å². The summed E-state index contributed by atoms with van der Waals surface area (Å²) in [5.74, 6) is 0. The van der Waals surface area contributed by atoms with Crippen LogP contribution in [0.2, 0.25) is 0 Å². The van der Waals surface area contributed by atoms with E-state index in [1.165, 1.54) is 61.2 Å². The first kappa shape index (κ1) is 38.3. The van der Waals surface area contributed by atoms with Gasteiger partial charge in [0.1, 0.15) is 11.2 Å². The Bertz CT molecular complexity index is 3580. The van der Waals surface area contributed by atoms with Crippen LogP contribution >= 0.6 is 0 Å². The molecule has 10 aromatic rings. The average molecular weight is 847 g/mol. The van der Waals surface area contributed by atoms with E-state index >= 15 is 0 Å². The van der Waals surface area contributed by atoms with Crippen LogP contribution in [-0.2, 0) is 5.41 Å². The molecule has 0 amide bonds. The van der Waals surface area contributed by atoms with Gasteiger partial charge in [-0.05, 0) is 122 Å². The minimum absolute atomic E-state index is 0.0655. The minimum Gasteiger partial charge on any atom is -0.456 e. The summed E-state index contributed by atoms with van der Waals surface area (Å²) in [4.78, 5) is 5.06. The van der Waals surface area contributed by atoms with Crippen molar-refractivity contribution in [2.75, 3.05) is 9.80 Å². The Labute approximate surface area is 385 Å². The molecule has 1 aromatic heterocycles. The molecule has 3 heteroatoms. The third-order valence-corrected chi connectivity index (χ3v) is 14.3. The van der Waals surface area contributed by atoms with Crippen molar-refractivity contribution in [2.45, 2.75) is 31.7 Å². The fraction of sp³-hybridized carbons (Fsp3) is 0.0794. The molecule has 0 bridgehead atoms. The van der Waals surface area contributed by atoms with Crippen molar-refractivity contribution in [3.05, 3.63) is 247 Å². The van der Waals surface area contributed by atoms with Crippen LogP contribution in [0.4, 0.5) is 28.4 Å². The molecule has 66 heavy (non-hydrogen) atoms. The summed E-state index contributed by atoms with van der Waals surface area (Å²) in [5.41, 5.74) is 22.4. The number of anilines is 5. The van der Waals surface area contributed by atoms with Gasteiger partial charge in [0.25, 0.3) is 0 Å². The maximum absolute atomic E-state index is 6.94. The summed E-state index contributed by atoms with van der Waals surface area (Å²) >= 11 is 0. The van der Waals surface area contributed by atoms with Crippen molar-refractivity contribution < 1.29 is 4.42 Å². The van der Waals surface area contributed by atoms with E-state index < -0.39 is 0 Å². The molecule has 1 atom stereocenters. The Morgan fingerprint density at radius 1 is 0.515 bits per heavy atom. The first-order valence-electron chi connectivity index (χ1n) is 23.1. The third-order valence-electron chi connectivity index (χ3n) is 14.3. The predicted octanol–water partition coefficient (Wildman–Crippen LogP) is 17.1. The minimum atomic E-state index is -0.0944. The molecule has 0 radical (unpaired) electrons. The quantitative estimate of drug-likeness (QED) is 0.159. The van der Waals surface area contributed by atoms with E-state index in [1.54, 1.807) is 0 Å². The van der Waals surface area contributed by atoms with Crippen molar-refractivity contribution >= 4 is 61.5 Å².